The minimum atomic E-state index is -0.00692. The molecule has 1 amide bonds. The van der Waals surface area contributed by atoms with E-state index in [-0.39, 0.29) is 11.9 Å². The maximum absolute atomic E-state index is 12.2. The smallest absolute Gasteiger partial charge is 0.230 e. The maximum atomic E-state index is 12.2. The molecule has 0 aliphatic rings. The minimum absolute atomic E-state index is 0.00692. The molecule has 1 heterocycles. The van der Waals surface area contributed by atoms with E-state index in [1.165, 1.54) is 11.8 Å². The van der Waals surface area contributed by atoms with Gasteiger partial charge < -0.3 is 5.32 Å². The summed E-state index contributed by atoms with van der Waals surface area (Å²) in [5, 5.41) is 3.72. The second-order valence-electron chi connectivity index (χ2n) is 5.30. The molecule has 0 aliphatic heterocycles. The number of carbonyl (C=O) groups excluding carboxylic acids is 1. The fourth-order valence-electron chi connectivity index (χ4n) is 2.24. The summed E-state index contributed by atoms with van der Waals surface area (Å²) in [6.45, 7) is 5.92. The van der Waals surface area contributed by atoms with Crippen LogP contribution in [-0.4, -0.2) is 21.6 Å². The Labute approximate surface area is 149 Å². The quantitative estimate of drug-likeness (QED) is 0.589. The number of hydrogen-bond acceptors (Lipinski definition) is 4. The molecule has 6 heteroatoms. The van der Waals surface area contributed by atoms with Crippen molar-refractivity contribution in [1.29, 1.82) is 0 Å². The van der Waals surface area contributed by atoms with Gasteiger partial charge in [0, 0.05) is 15.9 Å². The SMILES string of the molecule is CCC(NC(=O)CSc1nc(C)cc(C)n1)c1ccc(Br)cc1. The Morgan fingerprint density at radius 1 is 1.22 bits per heavy atom. The zero-order chi connectivity index (χ0) is 16.8. The van der Waals surface area contributed by atoms with E-state index in [9.17, 15) is 4.79 Å². The van der Waals surface area contributed by atoms with Crippen molar-refractivity contribution >= 4 is 33.6 Å². The van der Waals surface area contributed by atoms with Crippen molar-refractivity contribution in [1.82, 2.24) is 15.3 Å². The standard InChI is InChI=1S/C17H20BrN3OS/c1-4-15(13-5-7-14(18)8-6-13)21-16(22)10-23-17-19-11(2)9-12(3)20-17/h5-9,15H,4,10H2,1-3H3,(H,21,22). The van der Waals surface area contributed by atoms with Crippen LogP contribution < -0.4 is 5.32 Å². The molecular formula is C17H20BrN3OS. The summed E-state index contributed by atoms with van der Waals surface area (Å²) in [5.74, 6) is 0.308. The molecule has 4 nitrogen and oxygen atoms in total. The molecule has 122 valence electrons. The van der Waals surface area contributed by atoms with Crippen LogP contribution in [0, 0.1) is 13.8 Å². The predicted octanol–water partition coefficient (Wildman–Crippen LogP) is 4.22. The number of amides is 1. The first-order valence-electron chi connectivity index (χ1n) is 7.48. The Hall–Kier alpha value is -1.40. The largest absolute Gasteiger partial charge is 0.349 e. The molecule has 23 heavy (non-hydrogen) atoms. The Bertz CT molecular complexity index is 656. The van der Waals surface area contributed by atoms with Crippen LogP contribution in [0.3, 0.4) is 0 Å². The maximum Gasteiger partial charge on any atom is 0.230 e. The molecule has 1 aromatic carbocycles. The van der Waals surface area contributed by atoms with E-state index in [0.29, 0.717) is 10.9 Å². The summed E-state index contributed by atoms with van der Waals surface area (Å²) >= 11 is 4.79. The van der Waals surface area contributed by atoms with Crippen LogP contribution in [0.25, 0.3) is 0 Å². The van der Waals surface area contributed by atoms with Crippen LogP contribution in [0.1, 0.15) is 36.3 Å². The lowest BCUT2D eigenvalue weighted by Gasteiger charge is -2.17. The van der Waals surface area contributed by atoms with Crippen molar-refractivity contribution in [3.05, 3.63) is 51.8 Å². The predicted molar refractivity (Wildman–Crippen MR) is 97.5 cm³/mol. The van der Waals surface area contributed by atoms with Gasteiger partial charge in [0.05, 0.1) is 11.8 Å². The second-order valence-corrected chi connectivity index (χ2v) is 7.16. The van der Waals surface area contributed by atoms with Gasteiger partial charge in [-0.25, -0.2) is 9.97 Å². The molecule has 0 bridgehead atoms. The van der Waals surface area contributed by atoms with Crippen LogP contribution in [0.2, 0.25) is 0 Å². The number of nitrogens with zero attached hydrogens (tertiary/aromatic N) is 2. The molecule has 0 saturated carbocycles. The topological polar surface area (TPSA) is 54.9 Å². The van der Waals surface area contributed by atoms with E-state index in [4.69, 9.17) is 0 Å². The van der Waals surface area contributed by atoms with Gasteiger partial charge in [0.1, 0.15) is 0 Å². The average Bonchev–Trinajstić information content (AvgIpc) is 2.51. The second kappa shape index (κ2) is 8.45. The van der Waals surface area contributed by atoms with Gasteiger partial charge in [0.25, 0.3) is 0 Å². The molecule has 1 aromatic heterocycles. The van der Waals surface area contributed by atoms with Crippen molar-refractivity contribution in [2.45, 2.75) is 38.4 Å². The van der Waals surface area contributed by atoms with Crippen molar-refractivity contribution in [3.63, 3.8) is 0 Å². The number of carbonyl (C=O) groups is 1. The van der Waals surface area contributed by atoms with E-state index in [2.05, 4.69) is 38.1 Å². The summed E-state index contributed by atoms with van der Waals surface area (Å²) in [6, 6.07) is 9.98. The molecule has 2 rings (SSSR count). The van der Waals surface area contributed by atoms with Crippen molar-refractivity contribution in [2.24, 2.45) is 0 Å². The van der Waals surface area contributed by atoms with Crippen LogP contribution in [0.5, 0.6) is 0 Å². The van der Waals surface area contributed by atoms with Crippen molar-refractivity contribution in [3.8, 4) is 0 Å². The number of rotatable bonds is 6. The highest BCUT2D eigenvalue weighted by atomic mass is 79.9. The van der Waals surface area contributed by atoms with Gasteiger partial charge in [0.2, 0.25) is 5.91 Å². The number of aromatic nitrogens is 2. The summed E-state index contributed by atoms with van der Waals surface area (Å²) < 4.78 is 1.03. The molecular weight excluding hydrogens is 374 g/mol. The van der Waals surface area contributed by atoms with Crippen LogP contribution in [0.15, 0.2) is 40.0 Å². The van der Waals surface area contributed by atoms with E-state index in [0.717, 1.165) is 27.8 Å². The van der Waals surface area contributed by atoms with Gasteiger partial charge in [-0.2, -0.15) is 0 Å². The number of hydrogen-bond donors (Lipinski definition) is 1. The third kappa shape index (κ3) is 5.62. The number of halogens is 1. The number of benzene rings is 1. The first kappa shape index (κ1) is 17.9. The zero-order valence-electron chi connectivity index (χ0n) is 13.5. The number of aryl methyl sites for hydroxylation is 2. The van der Waals surface area contributed by atoms with Gasteiger partial charge in [-0.1, -0.05) is 46.7 Å². The van der Waals surface area contributed by atoms with E-state index in [1.54, 1.807) is 0 Å². The summed E-state index contributed by atoms with van der Waals surface area (Å²) in [4.78, 5) is 20.9. The monoisotopic (exact) mass is 393 g/mol. The Balaban J connectivity index is 1.93. The number of nitrogens with one attached hydrogen (secondary N) is 1. The molecule has 1 N–H and O–H groups in total. The molecule has 2 aromatic rings. The minimum Gasteiger partial charge on any atom is -0.349 e. The Kier molecular flexibility index (Phi) is 6.59. The van der Waals surface area contributed by atoms with Crippen LogP contribution >= 0.6 is 27.7 Å². The van der Waals surface area contributed by atoms with Gasteiger partial charge >= 0.3 is 0 Å². The molecule has 0 aliphatic carbocycles. The molecule has 0 radical (unpaired) electrons. The molecule has 0 saturated heterocycles. The first-order chi connectivity index (χ1) is 11.0. The fourth-order valence-corrected chi connectivity index (χ4v) is 3.27. The summed E-state index contributed by atoms with van der Waals surface area (Å²) in [7, 11) is 0. The Morgan fingerprint density at radius 3 is 2.39 bits per heavy atom. The van der Waals surface area contributed by atoms with Gasteiger partial charge in [-0.3, -0.25) is 4.79 Å². The number of thioether (sulfide) groups is 1. The lowest BCUT2D eigenvalue weighted by molar-refractivity contribution is -0.119. The van der Waals surface area contributed by atoms with E-state index < -0.39 is 0 Å². The van der Waals surface area contributed by atoms with Gasteiger partial charge in [0.15, 0.2) is 5.16 Å². The van der Waals surface area contributed by atoms with Crippen molar-refractivity contribution in [2.75, 3.05) is 5.75 Å². The Morgan fingerprint density at radius 2 is 1.83 bits per heavy atom. The molecule has 1 unspecified atom stereocenters. The average molecular weight is 394 g/mol. The molecule has 1 atom stereocenters. The first-order valence-corrected chi connectivity index (χ1v) is 9.25. The van der Waals surface area contributed by atoms with Gasteiger partial charge in [-0.05, 0) is 44.0 Å². The molecule has 0 fully saturated rings. The lowest BCUT2D eigenvalue weighted by atomic mass is 10.0. The molecule has 0 spiro atoms. The highest BCUT2D eigenvalue weighted by Crippen LogP contribution is 2.20. The van der Waals surface area contributed by atoms with Crippen LogP contribution in [0.4, 0.5) is 0 Å². The van der Waals surface area contributed by atoms with Crippen LogP contribution in [-0.2, 0) is 4.79 Å². The highest BCUT2D eigenvalue weighted by Gasteiger charge is 2.13. The van der Waals surface area contributed by atoms with Crippen molar-refractivity contribution < 1.29 is 4.79 Å². The van der Waals surface area contributed by atoms with Gasteiger partial charge in [-0.15, -0.1) is 0 Å². The lowest BCUT2D eigenvalue weighted by Crippen LogP contribution is -2.29. The summed E-state index contributed by atoms with van der Waals surface area (Å²) in [5.41, 5.74) is 2.94. The summed E-state index contributed by atoms with van der Waals surface area (Å²) in [6.07, 6.45) is 0.845. The third-order valence-electron chi connectivity index (χ3n) is 3.31. The zero-order valence-corrected chi connectivity index (χ0v) is 15.9. The van der Waals surface area contributed by atoms with E-state index >= 15 is 0 Å². The third-order valence-corrected chi connectivity index (χ3v) is 4.69. The fraction of sp³-hybridized carbons (Fsp3) is 0.353. The van der Waals surface area contributed by atoms with E-state index in [1.807, 2.05) is 44.2 Å². The highest BCUT2D eigenvalue weighted by molar-refractivity contribution is 9.10. The normalized spacial score (nSPS) is 12.0.